The van der Waals surface area contributed by atoms with Crippen molar-refractivity contribution in [1.82, 2.24) is 10.2 Å². The van der Waals surface area contributed by atoms with Gasteiger partial charge < -0.3 is 9.80 Å². The molecule has 1 aromatic carbocycles. The molecule has 1 aromatic rings. The van der Waals surface area contributed by atoms with E-state index in [1.54, 1.807) is 17.9 Å². The molecule has 4 amide bonds. The Kier molecular flexibility index (Phi) is 4.02. The van der Waals surface area contributed by atoms with E-state index < -0.39 is 6.03 Å². The number of imide groups is 1. The number of anilines is 1. The van der Waals surface area contributed by atoms with Crippen molar-refractivity contribution >= 4 is 23.5 Å². The average Bonchev–Trinajstić information content (AvgIpc) is 2.53. The number of fused-ring (bicyclic) bond motifs is 1. The van der Waals surface area contributed by atoms with E-state index in [0.29, 0.717) is 17.8 Å². The van der Waals surface area contributed by atoms with E-state index in [2.05, 4.69) is 5.32 Å². The summed E-state index contributed by atoms with van der Waals surface area (Å²) in [6.45, 7) is 2.27. The molecule has 1 fully saturated rings. The van der Waals surface area contributed by atoms with Crippen LogP contribution in [0.5, 0.6) is 0 Å². The van der Waals surface area contributed by atoms with Gasteiger partial charge in [-0.15, -0.1) is 0 Å². The number of nitrogens with zero attached hydrogens (tertiary/aromatic N) is 2. The predicted octanol–water partition coefficient (Wildman–Crippen LogP) is 1.36. The highest BCUT2D eigenvalue weighted by molar-refractivity contribution is 6.01. The standard InChI is InChI=1S/C16H18FN3O3/c1-10-12(17)5-4-11-3-2-7-20(15(10)11)14(22)9-19-8-6-13(21)18-16(19)23/h4-5H,2-3,6-9H2,1H3,(H,18,21,23). The third-order valence-electron chi connectivity index (χ3n) is 4.32. The molecule has 0 spiro atoms. The van der Waals surface area contributed by atoms with Crippen LogP contribution in [-0.2, 0) is 16.0 Å². The lowest BCUT2D eigenvalue weighted by Crippen LogP contribution is -2.53. The lowest BCUT2D eigenvalue weighted by atomic mass is 9.97. The van der Waals surface area contributed by atoms with Gasteiger partial charge in [-0.2, -0.15) is 0 Å². The Morgan fingerprint density at radius 3 is 2.78 bits per heavy atom. The number of benzene rings is 1. The molecule has 3 rings (SSSR count). The Morgan fingerprint density at radius 1 is 1.26 bits per heavy atom. The number of urea groups is 1. The van der Waals surface area contributed by atoms with Crippen molar-refractivity contribution in [2.75, 3.05) is 24.5 Å². The molecule has 23 heavy (non-hydrogen) atoms. The Hall–Kier alpha value is -2.44. The second-order valence-electron chi connectivity index (χ2n) is 5.85. The molecular formula is C16H18FN3O3. The molecule has 0 saturated carbocycles. The minimum absolute atomic E-state index is 0.117. The number of rotatable bonds is 2. The van der Waals surface area contributed by atoms with Gasteiger partial charge in [0.1, 0.15) is 12.4 Å². The quantitative estimate of drug-likeness (QED) is 0.895. The first-order valence-electron chi connectivity index (χ1n) is 7.64. The van der Waals surface area contributed by atoms with Crippen LogP contribution in [0.15, 0.2) is 12.1 Å². The van der Waals surface area contributed by atoms with Crippen molar-refractivity contribution in [1.29, 1.82) is 0 Å². The molecule has 0 aliphatic carbocycles. The zero-order valence-corrected chi connectivity index (χ0v) is 12.9. The molecule has 0 aromatic heterocycles. The number of hydrogen-bond donors (Lipinski definition) is 1. The number of carbonyl (C=O) groups excluding carboxylic acids is 3. The SMILES string of the molecule is Cc1c(F)ccc2c1N(C(=O)CN1CCC(=O)NC1=O)CCC2. The number of halogens is 1. The van der Waals surface area contributed by atoms with Crippen LogP contribution in [0.4, 0.5) is 14.9 Å². The summed E-state index contributed by atoms with van der Waals surface area (Å²) in [5, 5.41) is 2.19. The van der Waals surface area contributed by atoms with Crippen LogP contribution >= 0.6 is 0 Å². The second-order valence-corrected chi connectivity index (χ2v) is 5.85. The van der Waals surface area contributed by atoms with E-state index in [0.717, 1.165) is 18.4 Å². The predicted molar refractivity (Wildman–Crippen MR) is 81.5 cm³/mol. The van der Waals surface area contributed by atoms with Crippen LogP contribution in [-0.4, -0.2) is 42.4 Å². The van der Waals surface area contributed by atoms with E-state index in [9.17, 15) is 18.8 Å². The molecule has 6 nitrogen and oxygen atoms in total. The largest absolute Gasteiger partial charge is 0.324 e. The molecule has 0 atom stereocenters. The molecule has 0 unspecified atom stereocenters. The summed E-state index contributed by atoms with van der Waals surface area (Å²) in [6, 6.07) is 2.58. The van der Waals surface area contributed by atoms with Gasteiger partial charge in [0.15, 0.2) is 0 Å². The van der Waals surface area contributed by atoms with Crippen molar-refractivity contribution in [3.63, 3.8) is 0 Å². The molecule has 2 heterocycles. The summed E-state index contributed by atoms with van der Waals surface area (Å²) in [7, 11) is 0. The van der Waals surface area contributed by atoms with E-state index in [4.69, 9.17) is 0 Å². The van der Waals surface area contributed by atoms with Crippen molar-refractivity contribution in [2.45, 2.75) is 26.2 Å². The van der Waals surface area contributed by atoms with E-state index in [1.807, 2.05) is 0 Å². The summed E-state index contributed by atoms with van der Waals surface area (Å²) in [5.41, 5.74) is 2.02. The maximum atomic E-state index is 13.9. The number of hydrogen-bond acceptors (Lipinski definition) is 3. The number of amides is 4. The molecule has 0 bridgehead atoms. The Morgan fingerprint density at radius 2 is 2.04 bits per heavy atom. The average molecular weight is 319 g/mol. The van der Waals surface area contributed by atoms with Crippen molar-refractivity contribution < 1.29 is 18.8 Å². The number of aryl methyl sites for hydroxylation is 1. The summed E-state index contributed by atoms with van der Waals surface area (Å²) < 4.78 is 13.9. The third kappa shape index (κ3) is 2.91. The molecule has 2 aliphatic rings. The first kappa shape index (κ1) is 15.5. The van der Waals surface area contributed by atoms with Crippen molar-refractivity contribution in [3.05, 3.63) is 29.1 Å². The summed E-state index contributed by atoms with van der Waals surface area (Å²) >= 11 is 0. The molecule has 122 valence electrons. The van der Waals surface area contributed by atoms with Crippen LogP contribution in [0.2, 0.25) is 0 Å². The van der Waals surface area contributed by atoms with Crippen LogP contribution < -0.4 is 10.2 Å². The molecule has 7 heteroatoms. The highest BCUT2D eigenvalue weighted by atomic mass is 19.1. The summed E-state index contributed by atoms with van der Waals surface area (Å²) in [5.74, 6) is -0.936. The van der Waals surface area contributed by atoms with Gasteiger partial charge >= 0.3 is 6.03 Å². The Balaban J connectivity index is 1.81. The topological polar surface area (TPSA) is 69.7 Å². The number of carbonyl (C=O) groups is 3. The second kappa shape index (κ2) is 5.98. The minimum Gasteiger partial charge on any atom is -0.315 e. The van der Waals surface area contributed by atoms with E-state index in [-0.39, 0.29) is 37.1 Å². The Labute approximate surface area is 133 Å². The maximum absolute atomic E-state index is 13.9. The first-order valence-corrected chi connectivity index (χ1v) is 7.64. The molecule has 1 N–H and O–H groups in total. The van der Waals surface area contributed by atoms with Gasteiger partial charge in [-0.25, -0.2) is 9.18 Å². The smallest absolute Gasteiger partial charge is 0.315 e. The first-order chi connectivity index (χ1) is 11.0. The fourth-order valence-corrected chi connectivity index (χ4v) is 3.10. The van der Waals surface area contributed by atoms with E-state index in [1.165, 1.54) is 11.0 Å². The lowest BCUT2D eigenvalue weighted by molar-refractivity contribution is -0.124. The zero-order chi connectivity index (χ0) is 16.6. The van der Waals surface area contributed by atoms with Gasteiger partial charge in [0, 0.05) is 25.1 Å². The van der Waals surface area contributed by atoms with Crippen LogP contribution in [0.1, 0.15) is 24.0 Å². The third-order valence-corrected chi connectivity index (χ3v) is 4.32. The van der Waals surface area contributed by atoms with Gasteiger partial charge in [0.25, 0.3) is 0 Å². The summed E-state index contributed by atoms with van der Waals surface area (Å²) in [6.07, 6.45) is 1.79. The van der Waals surface area contributed by atoms with E-state index >= 15 is 0 Å². The fraction of sp³-hybridized carbons (Fsp3) is 0.438. The molecule has 0 radical (unpaired) electrons. The van der Waals surface area contributed by atoms with Gasteiger partial charge in [-0.05, 0) is 31.4 Å². The van der Waals surface area contributed by atoms with Gasteiger partial charge in [0.05, 0.1) is 5.69 Å². The van der Waals surface area contributed by atoms with Crippen LogP contribution in [0.3, 0.4) is 0 Å². The maximum Gasteiger partial charge on any atom is 0.324 e. The Bertz CT molecular complexity index is 689. The van der Waals surface area contributed by atoms with Crippen molar-refractivity contribution in [3.8, 4) is 0 Å². The molecular weight excluding hydrogens is 301 g/mol. The minimum atomic E-state index is -0.553. The normalized spacial score (nSPS) is 17.8. The molecule has 2 aliphatic heterocycles. The molecule has 1 saturated heterocycles. The van der Waals surface area contributed by atoms with Crippen LogP contribution in [0, 0.1) is 12.7 Å². The van der Waals surface area contributed by atoms with Gasteiger partial charge in [0.2, 0.25) is 11.8 Å². The van der Waals surface area contributed by atoms with Gasteiger partial charge in [-0.3, -0.25) is 14.9 Å². The zero-order valence-electron chi connectivity index (χ0n) is 12.9. The monoisotopic (exact) mass is 319 g/mol. The highest BCUT2D eigenvalue weighted by Crippen LogP contribution is 2.32. The highest BCUT2D eigenvalue weighted by Gasteiger charge is 2.30. The number of nitrogens with one attached hydrogen (secondary N) is 1. The lowest BCUT2D eigenvalue weighted by Gasteiger charge is -2.34. The van der Waals surface area contributed by atoms with Gasteiger partial charge in [-0.1, -0.05) is 6.07 Å². The van der Waals surface area contributed by atoms with Crippen molar-refractivity contribution in [2.24, 2.45) is 0 Å². The fourth-order valence-electron chi connectivity index (χ4n) is 3.10. The summed E-state index contributed by atoms with van der Waals surface area (Å²) in [4.78, 5) is 38.4. The van der Waals surface area contributed by atoms with Crippen LogP contribution in [0.25, 0.3) is 0 Å².